The standard InChI is InChI=1S/C9H16N2O2/c1-3-4-5-6-7-8(11-10)9(12)13-2/h3-7H2,1-2H3/p+1/b9-8-. The second kappa shape index (κ2) is 7.41. The molecule has 1 N–H and O–H groups in total. The number of methoxy groups -OCH3 is 1. The van der Waals surface area contributed by atoms with Crippen LogP contribution in [0.3, 0.4) is 0 Å². The fraction of sp³-hybridized carbons (Fsp3) is 0.778. The van der Waals surface area contributed by atoms with Gasteiger partial charge in [-0.05, 0) is 6.42 Å². The van der Waals surface area contributed by atoms with Gasteiger partial charge < -0.3 is 9.84 Å². The number of allylic oxidation sites excluding steroid dienone is 1. The summed E-state index contributed by atoms with van der Waals surface area (Å²) in [5, 5.41) is 17.6. The molecule has 0 aromatic rings. The van der Waals surface area contributed by atoms with Gasteiger partial charge >= 0.3 is 11.6 Å². The van der Waals surface area contributed by atoms with Gasteiger partial charge in [-0.1, -0.05) is 26.2 Å². The lowest BCUT2D eigenvalue weighted by atomic mass is 10.1. The van der Waals surface area contributed by atoms with Crippen LogP contribution in [0.1, 0.15) is 39.0 Å². The Bertz CT molecular complexity index is 206. The van der Waals surface area contributed by atoms with E-state index in [9.17, 15) is 0 Å². The van der Waals surface area contributed by atoms with Crippen molar-refractivity contribution in [1.29, 1.82) is 5.39 Å². The van der Waals surface area contributed by atoms with Crippen LogP contribution in [0, 0.1) is 5.39 Å². The molecular weight excluding hydrogens is 168 g/mol. The minimum Gasteiger partial charge on any atom is -0.475 e. The zero-order chi connectivity index (χ0) is 10.1. The summed E-state index contributed by atoms with van der Waals surface area (Å²) < 4.78 is 4.54. The number of nitrogens with zero attached hydrogens (tertiary/aromatic N) is 2. The van der Waals surface area contributed by atoms with E-state index in [1.165, 1.54) is 7.11 Å². The molecule has 0 atom stereocenters. The summed E-state index contributed by atoms with van der Waals surface area (Å²) >= 11 is 0. The van der Waals surface area contributed by atoms with Crippen LogP contribution in [0.4, 0.5) is 0 Å². The van der Waals surface area contributed by atoms with E-state index in [4.69, 9.17) is 10.5 Å². The van der Waals surface area contributed by atoms with Gasteiger partial charge in [-0.25, -0.2) is 0 Å². The fourth-order valence-corrected chi connectivity index (χ4v) is 1.04. The quantitative estimate of drug-likeness (QED) is 0.393. The van der Waals surface area contributed by atoms with Crippen molar-refractivity contribution in [2.24, 2.45) is 0 Å². The highest BCUT2D eigenvalue weighted by atomic mass is 16.6. The molecule has 0 fully saturated rings. The van der Waals surface area contributed by atoms with Gasteiger partial charge in [0.15, 0.2) is 4.98 Å². The van der Waals surface area contributed by atoms with Gasteiger partial charge in [0.2, 0.25) is 5.39 Å². The summed E-state index contributed by atoms with van der Waals surface area (Å²) in [7, 11) is 1.34. The van der Waals surface area contributed by atoms with Crippen molar-refractivity contribution in [2.45, 2.75) is 39.0 Å². The Kier molecular flexibility index (Phi) is 6.70. The molecule has 0 rings (SSSR count). The molecule has 0 saturated heterocycles. The number of unbranched alkanes of at least 4 members (excludes halogenated alkanes) is 3. The predicted molar refractivity (Wildman–Crippen MR) is 50.5 cm³/mol. The Morgan fingerprint density at radius 3 is 2.54 bits per heavy atom. The molecule has 0 aromatic heterocycles. The Labute approximate surface area is 78.8 Å². The molecular formula is C9H17N2O2+. The third-order valence-corrected chi connectivity index (χ3v) is 1.83. The van der Waals surface area contributed by atoms with Crippen LogP contribution in [-0.2, 0) is 4.74 Å². The highest BCUT2D eigenvalue weighted by molar-refractivity contribution is 5.08. The summed E-state index contributed by atoms with van der Waals surface area (Å²) in [6, 6.07) is 0. The first-order valence-corrected chi connectivity index (χ1v) is 4.57. The molecule has 0 amide bonds. The molecule has 0 heterocycles. The number of hydrogen-bond donors (Lipinski definition) is 1. The van der Waals surface area contributed by atoms with Crippen molar-refractivity contribution in [1.82, 2.24) is 0 Å². The molecule has 13 heavy (non-hydrogen) atoms. The van der Waals surface area contributed by atoms with Crippen molar-refractivity contribution < 1.29 is 9.84 Å². The average Bonchev–Trinajstić information content (AvgIpc) is 2.17. The van der Waals surface area contributed by atoms with E-state index in [1.807, 2.05) is 0 Å². The van der Waals surface area contributed by atoms with Crippen molar-refractivity contribution in [3.05, 3.63) is 16.6 Å². The maximum absolute atomic E-state index is 9.08. The number of hydrogen-bond acceptors (Lipinski definition) is 3. The molecule has 0 saturated carbocycles. The molecule has 0 aliphatic heterocycles. The zero-order valence-electron chi connectivity index (χ0n) is 8.29. The van der Waals surface area contributed by atoms with E-state index in [-0.39, 0.29) is 11.6 Å². The molecule has 4 heteroatoms. The highest BCUT2D eigenvalue weighted by Gasteiger charge is 2.18. The van der Waals surface area contributed by atoms with Crippen molar-refractivity contribution in [2.75, 3.05) is 7.11 Å². The third-order valence-electron chi connectivity index (χ3n) is 1.83. The smallest absolute Gasteiger partial charge is 0.440 e. The lowest BCUT2D eigenvalue weighted by molar-refractivity contribution is 0.131. The minimum absolute atomic E-state index is 0.221. The van der Waals surface area contributed by atoms with E-state index >= 15 is 0 Å². The Hall–Kier alpha value is -1.24. The topological polar surface area (TPSA) is 57.6 Å². The maximum atomic E-state index is 9.08. The lowest BCUT2D eigenvalue weighted by Gasteiger charge is -1.94. The van der Waals surface area contributed by atoms with Gasteiger partial charge in [0.25, 0.3) is 0 Å². The van der Waals surface area contributed by atoms with Gasteiger partial charge in [-0.15, -0.1) is 0 Å². The predicted octanol–water partition coefficient (Wildman–Crippen LogP) is 3.18. The zero-order valence-corrected chi connectivity index (χ0v) is 8.29. The first-order chi connectivity index (χ1) is 6.26. The number of diazo groups is 1. The van der Waals surface area contributed by atoms with E-state index < -0.39 is 0 Å². The molecule has 0 aliphatic rings. The van der Waals surface area contributed by atoms with Crippen molar-refractivity contribution in [3.63, 3.8) is 0 Å². The second-order valence-electron chi connectivity index (χ2n) is 2.87. The molecule has 0 aliphatic carbocycles. The highest BCUT2D eigenvalue weighted by Crippen LogP contribution is 2.14. The van der Waals surface area contributed by atoms with Crippen molar-refractivity contribution in [3.8, 4) is 0 Å². The Balaban J connectivity index is 3.81. The van der Waals surface area contributed by atoms with Crippen LogP contribution < -0.4 is 0 Å². The van der Waals surface area contributed by atoms with Crippen LogP contribution in [0.5, 0.6) is 0 Å². The number of aliphatic hydroxyl groups is 1. The Morgan fingerprint density at radius 1 is 1.38 bits per heavy atom. The number of ether oxygens (including phenoxy) is 1. The molecule has 0 radical (unpaired) electrons. The first-order valence-electron chi connectivity index (χ1n) is 4.57. The third kappa shape index (κ3) is 5.07. The molecule has 0 aromatic carbocycles. The van der Waals surface area contributed by atoms with Crippen LogP contribution in [0.2, 0.25) is 0 Å². The van der Waals surface area contributed by atoms with Crippen LogP contribution in [0.25, 0.3) is 4.98 Å². The average molecular weight is 185 g/mol. The van der Waals surface area contributed by atoms with E-state index in [2.05, 4.69) is 16.6 Å². The normalized spacial score (nSPS) is 11.8. The number of aliphatic hydroxyl groups excluding tert-OH is 1. The van der Waals surface area contributed by atoms with E-state index in [1.54, 1.807) is 0 Å². The summed E-state index contributed by atoms with van der Waals surface area (Å²) in [4.78, 5) is 2.96. The number of rotatable bonds is 6. The van der Waals surface area contributed by atoms with Crippen LogP contribution >= 0.6 is 0 Å². The van der Waals surface area contributed by atoms with Gasteiger partial charge in [0.05, 0.1) is 13.5 Å². The fourth-order valence-electron chi connectivity index (χ4n) is 1.04. The largest absolute Gasteiger partial charge is 0.475 e. The first kappa shape index (κ1) is 11.8. The van der Waals surface area contributed by atoms with Crippen molar-refractivity contribution >= 4 is 0 Å². The van der Waals surface area contributed by atoms with Crippen LogP contribution in [-0.4, -0.2) is 12.2 Å². The van der Waals surface area contributed by atoms with Gasteiger partial charge in [-0.2, -0.15) is 0 Å². The maximum Gasteiger partial charge on any atom is 0.440 e. The molecule has 0 unspecified atom stereocenters. The van der Waals surface area contributed by atoms with Gasteiger partial charge in [0, 0.05) is 0 Å². The van der Waals surface area contributed by atoms with Gasteiger partial charge in [0.1, 0.15) is 0 Å². The summed E-state index contributed by atoms with van der Waals surface area (Å²) in [6.07, 6.45) is 4.85. The monoisotopic (exact) mass is 185 g/mol. The molecule has 0 spiro atoms. The Morgan fingerprint density at radius 2 is 2.08 bits per heavy atom. The second-order valence-corrected chi connectivity index (χ2v) is 2.87. The molecule has 4 nitrogen and oxygen atoms in total. The van der Waals surface area contributed by atoms with Gasteiger partial charge in [-0.3, -0.25) is 0 Å². The molecule has 74 valence electrons. The van der Waals surface area contributed by atoms with E-state index in [0.29, 0.717) is 6.42 Å². The summed E-state index contributed by atoms with van der Waals surface area (Å²) in [5.41, 5.74) is 0.221. The van der Waals surface area contributed by atoms with Crippen LogP contribution in [0.15, 0.2) is 11.6 Å². The SMILES string of the molecule is CCCCCC/C([N+]#N)=C(\O)OC. The lowest BCUT2D eigenvalue weighted by Crippen LogP contribution is -1.90. The summed E-state index contributed by atoms with van der Waals surface area (Å²) in [5.74, 6) is -0.293. The minimum atomic E-state index is -0.293. The van der Waals surface area contributed by atoms with E-state index in [0.717, 1.165) is 25.7 Å². The molecule has 0 bridgehead atoms. The summed E-state index contributed by atoms with van der Waals surface area (Å²) in [6.45, 7) is 2.12.